The van der Waals surface area contributed by atoms with Crippen LogP contribution < -0.4 is 0 Å². The first kappa shape index (κ1) is 16.0. The summed E-state index contributed by atoms with van der Waals surface area (Å²) in [6, 6.07) is 16.4. The molecule has 0 radical (unpaired) electrons. The molecule has 6 rings (SSSR count). The smallest absolute Gasteiger partial charge is 0.138 e. The van der Waals surface area contributed by atoms with E-state index in [2.05, 4.69) is 73.7 Å². The van der Waals surface area contributed by atoms with Gasteiger partial charge in [-0.15, -0.1) is 0 Å². The summed E-state index contributed by atoms with van der Waals surface area (Å²) in [6.45, 7) is 0. The predicted molar refractivity (Wildman–Crippen MR) is 116 cm³/mol. The highest BCUT2D eigenvalue weighted by molar-refractivity contribution is 6.00. The summed E-state index contributed by atoms with van der Waals surface area (Å²) in [4.78, 5) is 12.5. The van der Waals surface area contributed by atoms with Gasteiger partial charge in [0.25, 0.3) is 0 Å². The number of hydrogen-bond acceptors (Lipinski definition) is 3. The van der Waals surface area contributed by atoms with Gasteiger partial charge in [0.2, 0.25) is 0 Å². The maximum atomic E-state index is 4.59. The lowest BCUT2D eigenvalue weighted by Crippen LogP contribution is -1.83. The summed E-state index contributed by atoms with van der Waals surface area (Å²) in [5, 5.41) is 9.90. The standard InChI is InChI=1S/C24H17N5/c1-2-6-15(5-1)17-10-12-26-24-18(17)14-22(27-24)23-19-13-16(8-9-21(19)28-29-23)20-7-3-4-11-25-20/h1,3-14H,2H2,(H,26,27)(H,28,29). The molecule has 0 saturated carbocycles. The summed E-state index contributed by atoms with van der Waals surface area (Å²) in [6.07, 6.45) is 11.2. The normalized spacial score (nSPS) is 13.4. The molecule has 4 heterocycles. The van der Waals surface area contributed by atoms with Crippen LogP contribution >= 0.6 is 0 Å². The van der Waals surface area contributed by atoms with Crippen molar-refractivity contribution >= 4 is 27.5 Å². The number of rotatable bonds is 3. The predicted octanol–water partition coefficient (Wildman–Crippen LogP) is 5.51. The molecule has 0 spiro atoms. The SMILES string of the molecule is C1=CC(c2ccnc3[nH]c(-c4n[nH]c5ccc(-c6ccccn6)cc45)cc23)=CC1. The first-order valence-electron chi connectivity index (χ1n) is 9.61. The second kappa shape index (κ2) is 6.27. The number of allylic oxidation sites excluding steroid dienone is 4. The third-order valence-electron chi connectivity index (χ3n) is 5.39. The molecule has 5 aromatic rings. The van der Waals surface area contributed by atoms with Crippen LogP contribution in [0.5, 0.6) is 0 Å². The Hall–Kier alpha value is -3.99. The van der Waals surface area contributed by atoms with E-state index in [1.807, 2.05) is 30.6 Å². The van der Waals surface area contributed by atoms with Crippen LogP contribution in [0.3, 0.4) is 0 Å². The lowest BCUT2D eigenvalue weighted by atomic mass is 10.0. The molecule has 0 bridgehead atoms. The van der Waals surface area contributed by atoms with Gasteiger partial charge in [0.05, 0.1) is 16.9 Å². The van der Waals surface area contributed by atoms with Crippen molar-refractivity contribution in [1.29, 1.82) is 0 Å². The van der Waals surface area contributed by atoms with Gasteiger partial charge in [0.1, 0.15) is 11.3 Å². The zero-order valence-corrected chi connectivity index (χ0v) is 15.6. The second-order valence-electron chi connectivity index (χ2n) is 7.15. The van der Waals surface area contributed by atoms with Crippen LogP contribution in [0.2, 0.25) is 0 Å². The molecule has 1 aliphatic rings. The zero-order chi connectivity index (χ0) is 19.2. The van der Waals surface area contributed by atoms with Gasteiger partial charge in [-0.3, -0.25) is 10.1 Å². The van der Waals surface area contributed by atoms with Crippen molar-refractivity contribution in [1.82, 2.24) is 25.1 Å². The van der Waals surface area contributed by atoms with Crippen molar-refractivity contribution in [2.45, 2.75) is 6.42 Å². The Kier molecular flexibility index (Phi) is 3.46. The van der Waals surface area contributed by atoms with Crippen molar-refractivity contribution in [3.8, 4) is 22.6 Å². The number of benzene rings is 1. The Balaban J connectivity index is 1.52. The Morgan fingerprint density at radius 1 is 0.897 bits per heavy atom. The fourth-order valence-corrected chi connectivity index (χ4v) is 3.98. The van der Waals surface area contributed by atoms with Crippen molar-refractivity contribution in [3.05, 3.63) is 84.7 Å². The molecule has 1 aromatic carbocycles. The van der Waals surface area contributed by atoms with Gasteiger partial charge in [0.15, 0.2) is 0 Å². The van der Waals surface area contributed by atoms with E-state index in [1.54, 1.807) is 0 Å². The third kappa shape index (κ3) is 2.59. The summed E-state index contributed by atoms with van der Waals surface area (Å²) in [7, 11) is 0. The van der Waals surface area contributed by atoms with Gasteiger partial charge in [-0.1, -0.05) is 30.4 Å². The lowest BCUT2D eigenvalue weighted by Gasteiger charge is -2.01. The van der Waals surface area contributed by atoms with E-state index in [1.165, 1.54) is 11.1 Å². The van der Waals surface area contributed by atoms with Crippen LogP contribution in [0.25, 0.3) is 50.2 Å². The number of hydrogen-bond donors (Lipinski definition) is 2. The van der Waals surface area contributed by atoms with Crippen LogP contribution in [-0.2, 0) is 0 Å². The quantitative estimate of drug-likeness (QED) is 0.437. The number of nitrogens with one attached hydrogen (secondary N) is 2. The highest BCUT2D eigenvalue weighted by atomic mass is 15.1. The van der Waals surface area contributed by atoms with Gasteiger partial charge in [-0.05, 0) is 54.0 Å². The van der Waals surface area contributed by atoms with Gasteiger partial charge in [-0.2, -0.15) is 5.10 Å². The first-order valence-corrected chi connectivity index (χ1v) is 9.61. The Bertz CT molecular complexity index is 1420. The fourth-order valence-electron chi connectivity index (χ4n) is 3.98. The van der Waals surface area contributed by atoms with E-state index in [-0.39, 0.29) is 0 Å². The van der Waals surface area contributed by atoms with Gasteiger partial charge < -0.3 is 4.98 Å². The highest BCUT2D eigenvalue weighted by Crippen LogP contribution is 2.34. The monoisotopic (exact) mass is 375 g/mol. The minimum atomic E-state index is 0.871. The van der Waals surface area contributed by atoms with Gasteiger partial charge in [-0.25, -0.2) is 4.98 Å². The molecule has 2 N–H and O–H groups in total. The van der Waals surface area contributed by atoms with Crippen molar-refractivity contribution in [2.24, 2.45) is 0 Å². The fraction of sp³-hybridized carbons (Fsp3) is 0.0417. The van der Waals surface area contributed by atoms with Crippen LogP contribution in [0.15, 0.2) is 79.2 Å². The molecule has 0 atom stereocenters. The van der Waals surface area contributed by atoms with Gasteiger partial charge in [0, 0.05) is 28.7 Å². The van der Waals surface area contributed by atoms with E-state index in [9.17, 15) is 0 Å². The molecule has 0 fully saturated rings. The maximum Gasteiger partial charge on any atom is 0.138 e. The molecule has 0 amide bonds. The number of fused-ring (bicyclic) bond motifs is 2. The van der Waals surface area contributed by atoms with Crippen molar-refractivity contribution in [3.63, 3.8) is 0 Å². The van der Waals surface area contributed by atoms with Crippen molar-refractivity contribution < 1.29 is 0 Å². The molecule has 1 aliphatic carbocycles. The van der Waals surface area contributed by atoms with Crippen LogP contribution in [0.1, 0.15) is 12.0 Å². The van der Waals surface area contributed by atoms with Crippen LogP contribution in [-0.4, -0.2) is 25.1 Å². The summed E-state index contributed by atoms with van der Waals surface area (Å²) in [5.41, 5.74) is 8.15. The van der Waals surface area contributed by atoms with Crippen LogP contribution in [0.4, 0.5) is 0 Å². The molecule has 5 nitrogen and oxygen atoms in total. The number of H-pyrrole nitrogens is 2. The van der Waals surface area contributed by atoms with E-state index >= 15 is 0 Å². The summed E-state index contributed by atoms with van der Waals surface area (Å²) >= 11 is 0. The first-order chi connectivity index (χ1) is 14.4. The molecule has 5 heteroatoms. The van der Waals surface area contributed by atoms with Crippen LogP contribution in [0, 0.1) is 0 Å². The van der Waals surface area contributed by atoms with Crippen molar-refractivity contribution in [2.75, 3.05) is 0 Å². The molecule has 4 aromatic heterocycles. The topological polar surface area (TPSA) is 70.2 Å². The summed E-state index contributed by atoms with van der Waals surface area (Å²) in [5.74, 6) is 0. The largest absolute Gasteiger partial charge is 0.338 e. The summed E-state index contributed by atoms with van der Waals surface area (Å²) < 4.78 is 0. The Labute approximate surface area is 166 Å². The maximum absolute atomic E-state index is 4.59. The Morgan fingerprint density at radius 3 is 2.76 bits per heavy atom. The molecular weight excluding hydrogens is 358 g/mol. The number of nitrogens with zero attached hydrogens (tertiary/aromatic N) is 3. The minimum absolute atomic E-state index is 0.871. The van der Waals surface area contributed by atoms with E-state index in [0.717, 1.165) is 51.0 Å². The average Bonchev–Trinajstić information content (AvgIpc) is 3.52. The van der Waals surface area contributed by atoms with E-state index in [4.69, 9.17) is 0 Å². The second-order valence-corrected chi connectivity index (χ2v) is 7.15. The molecule has 138 valence electrons. The van der Waals surface area contributed by atoms with E-state index in [0.29, 0.717) is 0 Å². The molecule has 0 aliphatic heterocycles. The lowest BCUT2D eigenvalue weighted by molar-refractivity contribution is 1.12. The highest BCUT2D eigenvalue weighted by Gasteiger charge is 2.15. The molecular formula is C24H17N5. The van der Waals surface area contributed by atoms with Gasteiger partial charge >= 0.3 is 0 Å². The zero-order valence-electron chi connectivity index (χ0n) is 15.6. The molecule has 29 heavy (non-hydrogen) atoms. The number of aromatic nitrogens is 5. The number of aromatic amines is 2. The molecule has 0 saturated heterocycles. The molecule has 0 unspecified atom stereocenters. The average molecular weight is 375 g/mol. The van der Waals surface area contributed by atoms with E-state index < -0.39 is 0 Å². The Morgan fingerprint density at radius 2 is 1.90 bits per heavy atom. The minimum Gasteiger partial charge on any atom is -0.338 e. The third-order valence-corrected chi connectivity index (χ3v) is 5.39. The number of pyridine rings is 2.